The van der Waals surface area contributed by atoms with Gasteiger partial charge in [0.05, 0.1) is 12.6 Å². The first-order valence-corrected chi connectivity index (χ1v) is 8.83. The van der Waals surface area contributed by atoms with Crippen LogP contribution >= 0.6 is 0 Å². The summed E-state index contributed by atoms with van der Waals surface area (Å²) in [5, 5.41) is 5.81. The molecule has 25 heavy (non-hydrogen) atoms. The van der Waals surface area contributed by atoms with Crippen molar-refractivity contribution in [3.8, 4) is 0 Å². The molecule has 1 aromatic rings. The minimum Gasteiger partial charge on any atom is -0.352 e. The van der Waals surface area contributed by atoms with Crippen LogP contribution in [0.25, 0.3) is 0 Å². The summed E-state index contributed by atoms with van der Waals surface area (Å²) in [6.45, 7) is 5.33. The standard InChI is InChI=1S/C18H25FN4O2/c1-13(18(25)21-16-4-2-14(19)3-5-16)23-10-8-22(9-11-23)12-17(24)20-15-6-7-15/h2-5,13,15H,6-12H2,1H3,(H,20,24)(H,21,25). The van der Waals surface area contributed by atoms with Crippen LogP contribution in [0.3, 0.4) is 0 Å². The van der Waals surface area contributed by atoms with E-state index in [1.165, 1.54) is 12.1 Å². The molecule has 1 atom stereocenters. The summed E-state index contributed by atoms with van der Waals surface area (Å²) >= 11 is 0. The first-order valence-electron chi connectivity index (χ1n) is 8.83. The molecule has 3 rings (SSSR count). The molecule has 1 heterocycles. The van der Waals surface area contributed by atoms with Gasteiger partial charge in [-0.3, -0.25) is 19.4 Å². The number of rotatable bonds is 6. The molecule has 0 spiro atoms. The van der Waals surface area contributed by atoms with Crippen molar-refractivity contribution in [2.24, 2.45) is 0 Å². The number of amides is 2. The number of nitrogens with zero attached hydrogens (tertiary/aromatic N) is 2. The van der Waals surface area contributed by atoms with E-state index in [1.807, 2.05) is 6.92 Å². The van der Waals surface area contributed by atoms with E-state index >= 15 is 0 Å². The molecule has 1 aliphatic heterocycles. The fourth-order valence-electron chi connectivity index (χ4n) is 2.96. The fourth-order valence-corrected chi connectivity index (χ4v) is 2.96. The monoisotopic (exact) mass is 348 g/mol. The highest BCUT2D eigenvalue weighted by Gasteiger charge is 2.28. The molecule has 0 radical (unpaired) electrons. The predicted octanol–water partition coefficient (Wildman–Crippen LogP) is 1.05. The van der Waals surface area contributed by atoms with E-state index in [4.69, 9.17) is 0 Å². The van der Waals surface area contributed by atoms with Crippen molar-refractivity contribution < 1.29 is 14.0 Å². The molecule has 7 heteroatoms. The van der Waals surface area contributed by atoms with Crippen molar-refractivity contribution in [1.82, 2.24) is 15.1 Å². The van der Waals surface area contributed by atoms with Crippen molar-refractivity contribution in [2.75, 3.05) is 38.0 Å². The van der Waals surface area contributed by atoms with E-state index in [2.05, 4.69) is 20.4 Å². The summed E-state index contributed by atoms with van der Waals surface area (Å²) in [5.74, 6) is -0.336. The highest BCUT2D eigenvalue weighted by Crippen LogP contribution is 2.18. The summed E-state index contributed by atoms with van der Waals surface area (Å²) < 4.78 is 12.9. The van der Waals surface area contributed by atoms with Gasteiger partial charge in [-0.2, -0.15) is 0 Å². The second kappa shape index (κ2) is 7.93. The van der Waals surface area contributed by atoms with Gasteiger partial charge in [0, 0.05) is 37.9 Å². The average Bonchev–Trinajstić information content (AvgIpc) is 3.40. The third kappa shape index (κ3) is 5.24. The van der Waals surface area contributed by atoms with Gasteiger partial charge >= 0.3 is 0 Å². The molecule has 136 valence electrons. The average molecular weight is 348 g/mol. The third-order valence-electron chi connectivity index (χ3n) is 4.76. The maximum Gasteiger partial charge on any atom is 0.241 e. The highest BCUT2D eigenvalue weighted by atomic mass is 19.1. The SMILES string of the molecule is CC(C(=O)Nc1ccc(F)cc1)N1CCN(CC(=O)NC2CC2)CC1. The molecule has 0 bridgehead atoms. The lowest BCUT2D eigenvalue weighted by Crippen LogP contribution is -2.54. The van der Waals surface area contributed by atoms with Gasteiger partial charge in [-0.05, 0) is 44.0 Å². The summed E-state index contributed by atoms with van der Waals surface area (Å²) in [4.78, 5) is 28.4. The number of carbonyl (C=O) groups excluding carboxylic acids is 2. The maximum atomic E-state index is 12.9. The number of halogens is 1. The molecule has 1 unspecified atom stereocenters. The van der Waals surface area contributed by atoms with Crippen LogP contribution in [0.2, 0.25) is 0 Å². The lowest BCUT2D eigenvalue weighted by molar-refractivity contribution is -0.124. The molecule has 2 aliphatic rings. The summed E-state index contributed by atoms with van der Waals surface area (Å²) in [6.07, 6.45) is 2.19. The van der Waals surface area contributed by atoms with Gasteiger partial charge in [-0.15, -0.1) is 0 Å². The Labute approximate surface area is 147 Å². The Bertz CT molecular complexity index is 610. The smallest absolute Gasteiger partial charge is 0.241 e. The van der Waals surface area contributed by atoms with Gasteiger partial charge in [0.1, 0.15) is 5.82 Å². The number of hydrogen-bond donors (Lipinski definition) is 2. The molecule has 2 fully saturated rings. The van der Waals surface area contributed by atoms with Crippen LogP contribution in [0, 0.1) is 5.82 Å². The van der Waals surface area contributed by atoms with Gasteiger partial charge in [-0.25, -0.2) is 4.39 Å². The summed E-state index contributed by atoms with van der Waals surface area (Å²) in [6, 6.07) is 5.88. The molecule has 2 N–H and O–H groups in total. The lowest BCUT2D eigenvalue weighted by atomic mass is 10.2. The Balaban J connectivity index is 1.42. The Morgan fingerprint density at radius 3 is 2.40 bits per heavy atom. The fraction of sp³-hybridized carbons (Fsp3) is 0.556. The van der Waals surface area contributed by atoms with Crippen LogP contribution < -0.4 is 10.6 Å². The predicted molar refractivity (Wildman–Crippen MR) is 93.7 cm³/mol. The molecule has 1 saturated heterocycles. The van der Waals surface area contributed by atoms with E-state index in [9.17, 15) is 14.0 Å². The lowest BCUT2D eigenvalue weighted by Gasteiger charge is -2.37. The normalized spacial score (nSPS) is 20.1. The van der Waals surface area contributed by atoms with Gasteiger partial charge < -0.3 is 10.6 Å². The largest absolute Gasteiger partial charge is 0.352 e. The van der Waals surface area contributed by atoms with E-state index in [1.54, 1.807) is 12.1 Å². The van der Waals surface area contributed by atoms with Gasteiger partial charge in [-0.1, -0.05) is 0 Å². The Morgan fingerprint density at radius 1 is 1.16 bits per heavy atom. The first-order chi connectivity index (χ1) is 12.0. The number of anilines is 1. The van der Waals surface area contributed by atoms with Gasteiger partial charge in [0.2, 0.25) is 11.8 Å². The van der Waals surface area contributed by atoms with Crippen molar-refractivity contribution in [1.29, 1.82) is 0 Å². The van der Waals surface area contributed by atoms with E-state index < -0.39 is 0 Å². The highest BCUT2D eigenvalue weighted by molar-refractivity contribution is 5.94. The number of benzene rings is 1. The zero-order valence-electron chi connectivity index (χ0n) is 14.5. The van der Waals surface area contributed by atoms with Crippen LogP contribution in [0.4, 0.5) is 10.1 Å². The van der Waals surface area contributed by atoms with Crippen molar-refractivity contribution in [3.05, 3.63) is 30.1 Å². The van der Waals surface area contributed by atoms with Crippen molar-refractivity contribution in [2.45, 2.75) is 31.8 Å². The Morgan fingerprint density at radius 2 is 1.80 bits per heavy atom. The van der Waals surface area contributed by atoms with Crippen LogP contribution in [-0.4, -0.2) is 66.4 Å². The van der Waals surface area contributed by atoms with Crippen LogP contribution in [0.5, 0.6) is 0 Å². The number of carbonyl (C=O) groups is 2. The zero-order valence-corrected chi connectivity index (χ0v) is 14.5. The molecular weight excluding hydrogens is 323 g/mol. The molecule has 2 amide bonds. The van der Waals surface area contributed by atoms with Crippen LogP contribution in [-0.2, 0) is 9.59 Å². The summed E-state index contributed by atoms with van der Waals surface area (Å²) in [5.41, 5.74) is 0.591. The molecular formula is C18H25FN4O2. The van der Waals surface area contributed by atoms with E-state index in [0.29, 0.717) is 18.3 Å². The molecule has 0 aromatic heterocycles. The van der Waals surface area contributed by atoms with Crippen LogP contribution in [0.1, 0.15) is 19.8 Å². The number of nitrogens with one attached hydrogen (secondary N) is 2. The van der Waals surface area contributed by atoms with Crippen molar-refractivity contribution in [3.63, 3.8) is 0 Å². The molecule has 6 nitrogen and oxygen atoms in total. The second-order valence-electron chi connectivity index (χ2n) is 6.83. The molecule has 1 aliphatic carbocycles. The third-order valence-corrected chi connectivity index (χ3v) is 4.76. The minimum absolute atomic E-state index is 0.0954. The maximum absolute atomic E-state index is 12.9. The second-order valence-corrected chi connectivity index (χ2v) is 6.83. The van der Waals surface area contributed by atoms with Gasteiger partial charge in [0.15, 0.2) is 0 Å². The van der Waals surface area contributed by atoms with Crippen LogP contribution in [0.15, 0.2) is 24.3 Å². The zero-order chi connectivity index (χ0) is 17.8. The van der Waals surface area contributed by atoms with E-state index in [-0.39, 0.29) is 23.7 Å². The quantitative estimate of drug-likeness (QED) is 0.807. The minimum atomic E-state index is -0.326. The molecule has 1 aromatic carbocycles. The summed E-state index contributed by atoms with van der Waals surface area (Å²) in [7, 11) is 0. The molecule has 1 saturated carbocycles. The van der Waals surface area contributed by atoms with Crippen molar-refractivity contribution >= 4 is 17.5 Å². The number of hydrogen-bond acceptors (Lipinski definition) is 4. The Hall–Kier alpha value is -1.99. The number of piperazine rings is 1. The topological polar surface area (TPSA) is 64.7 Å². The van der Waals surface area contributed by atoms with Gasteiger partial charge in [0.25, 0.3) is 0 Å². The Kier molecular flexibility index (Phi) is 5.65. The van der Waals surface area contributed by atoms with E-state index in [0.717, 1.165) is 39.0 Å². The first kappa shape index (κ1) is 17.8.